The van der Waals surface area contributed by atoms with E-state index in [1.54, 1.807) is 22.7 Å². The molecule has 6 aromatic heterocycles. The smallest absolute Gasteiger partial charge is 0.235 e. The zero-order valence-corrected chi connectivity index (χ0v) is 54.2. The predicted octanol–water partition coefficient (Wildman–Crippen LogP) is 25.3. The lowest BCUT2D eigenvalue weighted by Gasteiger charge is -2.13. The maximum atomic E-state index is 6.11. The van der Waals surface area contributed by atoms with Gasteiger partial charge in [-0.25, -0.2) is 19.9 Å². The van der Waals surface area contributed by atoms with Crippen LogP contribution in [0.4, 0.5) is 0 Å². The van der Waals surface area contributed by atoms with E-state index in [9.17, 15) is 0 Å². The Morgan fingerprint density at radius 2 is 0.639 bits per heavy atom. The minimum Gasteiger partial charge on any atom is -0.354 e. The monoisotopic (exact) mass is 1290 g/mol. The van der Waals surface area contributed by atoms with Crippen LogP contribution in [0.15, 0.2) is 303 Å². The zero-order valence-electron chi connectivity index (χ0n) is 51.8. The lowest BCUT2D eigenvalue weighted by atomic mass is 9.91. The highest BCUT2D eigenvalue weighted by molar-refractivity contribution is 7.26. The van der Waals surface area contributed by atoms with E-state index >= 15 is 0 Å². The van der Waals surface area contributed by atoms with Gasteiger partial charge in [0.1, 0.15) is 0 Å². The highest BCUT2D eigenvalue weighted by Gasteiger charge is 2.25. The lowest BCUT2D eigenvalue weighted by molar-refractivity contribution is 1.02. The number of benzene rings is 16. The Labute approximate surface area is 567 Å². The van der Waals surface area contributed by atoms with Crippen LogP contribution in [0.5, 0.6) is 0 Å². The molecule has 0 saturated carbocycles. The summed E-state index contributed by atoms with van der Waals surface area (Å²) in [6, 6.07) is 108. The van der Waals surface area contributed by atoms with E-state index < -0.39 is 0 Å². The maximum absolute atomic E-state index is 6.11. The fraction of sp³-hybridized carbons (Fsp3) is 0. The largest absolute Gasteiger partial charge is 0.354 e. The predicted molar refractivity (Wildman–Crippen MR) is 416 cm³/mol. The summed E-state index contributed by atoms with van der Waals surface area (Å²) in [6.07, 6.45) is 0. The summed E-state index contributed by atoms with van der Waals surface area (Å²) in [4.78, 5) is 23.4. The van der Waals surface area contributed by atoms with Crippen LogP contribution in [-0.4, -0.2) is 29.5 Å². The van der Waals surface area contributed by atoms with Crippen LogP contribution in [0, 0.1) is 0 Å². The van der Waals surface area contributed by atoms with Crippen molar-refractivity contribution in [3.05, 3.63) is 309 Å². The van der Waals surface area contributed by atoms with Gasteiger partial charge in [-0.2, -0.15) is 0 Å². The van der Waals surface area contributed by atoms with Gasteiger partial charge >= 0.3 is 0 Å². The minimum absolute atomic E-state index is 0.292. The van der Waals surface area contributed by atoms with Crippen LogP contribution in [0.1, 0.15) is 0 Å². The van der Waals surface area contributed by atoms with Gasteiger partial charge in [0.25, 0.3) is 0 Å². The third-order valence-corrected chi connectivity index (χ3v) is 22.1. The molecule has 9 heteroatoms. The molecular weight excluding hydrogens is 1240 g/mol. The molecule has 0 aliphatic rings. The average molecular weight is 1290 g/mol. The van der Waals surface area contributed by atoms with Crippen LogP contribution < -0.4 is 0 Å². The van der Waals surface area contributed by atoms with Gasteiger partial charge in [0.05, 0.1) is 42.9 Å². The SMILES string of the molecule is Clc1nc(-c2ccccc2)c2sc3ccccc3c2n1.c1ccc(-c2nc(-n3c4ccc5ccccc5c4c4c5c6ccccc6c6ccccc6c5ccc43)nc3c2sc2ccccc23)cc1.c1ccc2c(c1)ccc1[nH]c3ccc4c5ccccc5c5ccccc5c4c3c12. The average Bonchev–Trinajstić information content (AvgIpc) is 1.63. The molecule has 6 nitrogen and oxygen atoms in total. The summed E-state index contributed by atoms with van der Waals surface area (Å²) in [5.74, 6) is 0.685. The molecule has 22 aromatic rings. The molecule has 1 N–H and O–H groups in total. The molecule has 0 fully saturated rings. The molecule has 0 saturated heterocycles. The van der Waals surface area contributed by atoms with Crippen molar-refractivity contribution in [2.75, 3.05) is 0 Å². The number of rotatable bonds is 3. The lowest BCUT2D eigenvalue weighted by Crippen LogP contribution is -2.02. The molecule has 0 atom stereocenters. The van der Waals surface area contributed by atoms with E-state index in [-0.39, 0.29) is 0 Å². The first-order valence-electron chi connectivity index (χ1n) is 32.5. The maximum Gasteiger partial charge on any atom is 0.235 e. The van der Waals surface area contributed by atoms with E-state index in [4.69, 9.17) is 21.6 Å². The summed E-state index contributed by atoms with van der Waals surface area (Å²) in [5.41, 5.74) is 10.6. The van der Waals surface area contributed by atoms with E-state index in [2.05, 4.69) is 280 Å². The van der Waals surface area contributed by atoms with Crippen molar-refractivity contribution in [3.63, 3.8) is 0 Å². The molecule has 0 aliphatic carbocycles. The normalized spacial score (nSPS) is 12.0. The fourth-order valence-corrected chi connectivity index (χ4v) is 17.9. The van der Waals surface area contributed by atoms with Crippen LogP contribution in [0.25, 0.3) is 199 Å². The highest BCUT2D eigenvalue weighted by atomic mass is 35.5. The first-order chi connectivity index (χ1) is 48.1. The van der Waals surface area contributed by atoms with Gasteiger partial charge in [-0.15, -0.1) is 22.7 Å². The number of fused-ring (bicyclic) bond motifs is 30. The molecule has 0 bridgehead atoms. The molecule has 0 unspecified atom stereocenters. The van der Waals surface area contributed by atoms with Crippen molar-refractivity contribution in [1.82, 2.24) is 29.5 Å². The van der Waals surface area contributed by atoms with E-state index in [0.29, 0.717) is 11.2 Å². The zero-order chi connectivity index (χ0) is 63.8. The second-order valence-corrected chi connectivity index (χ2v) is 27.3. The molecule has 0 spiro atoms. The Bertz CT molecular complexity index is 6960. The Kier molecular flexibility index (Phi) is 12.7. The molecular formula is C88H51ClN6S2. The number of hydrogen-bond acceptors (Lipinski definition) is 6. The summed E-state index contributed by atoms with van der Waals surface area (Å²) in [6.45, 7) is 0. The van der Waals surface area contributed by atoms with E-state index in [0.717, 1.165) is 64.8 Å². The molecule has 97 heavy (non-hydrogen) atoms. The number of nitrogens with one attached hydrogen (secondary N) is 1. The van der Waals surface area contributed by atoms with Gasteiger partial charge in [-0.1, -0.05) is 267 Å². The van der Waals surface area contributed by atoms with Crippen molar-refractivity contribution >= 4 is 205 Å². The number of aromatic amines is 1. The summed E-state index contributed by atoms with van der Waals surface area (Å²) in [5, 5.41) is 28.3. The summed E-state index contributed by atoms with van der Waals surface area (Å²) < 4.78 is 6.92. The standard InChI is InChI=1S/C44H25N3S.C28H17N.C16H9ClN2S/c1-2-13-27(14-3-1)41-43-42(34-20-10-11-21-37(34)48-43)46-44(45-41)47-35-24-22-26-12-4-5-15-28(26)39(35)40-36(47)25-23-33-31-18-7-6-16-29(31)30-17-8-9-19-32(30)38(33)40;1-2-8-18-17(7-1)13-15-24-27(18)28-25(29-24)16-14-23-21-11-4-3-9-19(21)20-10-5-6-12-22(20)26(23)28;17-16-18-13(10-6-2-1-3-7-10)15-14(19-16)11-8-4-5-9-12(11)20-15/h1-25H;1-16,29H;1-9H. The van der Waals surface area contributed by atoms with Crippen molar-refractivity contribution < 1.29 is 0 Å². The van der Waals surface area contributed by atoms with Crippen molar-refractivity contribution in [3.8, 4) is 28.5 Å². The van der Waals surface area contributed by atoms with Crippen molar-refractivity contribution in [2.45, 2.75) is 0 Å². The van der Waals surface area contributed by atoms with Crippen LogP contribution in [0.2, 0.25) is 5.28 Å². The van der Waals surface area contributed by atoms with E-state index in [1.807, 2.05) is 42.5 Å². The van der Waals surface area contributed by atoms with Crippen molar-refractivity contribution in [2.24, 2.45) is 0 Å². The molecule has 22 rings (SSSR count). The Morgan fingerprint density at radius 3 is 1.20 bits per heavy atom. The molecule has 16 aromatic carbocycles. The number of aromatic nitrogens is 6. The van der Waals surface area contributed by atoms with Crippen molar-refractivity contribution in [1.29, 1.82) is 0 Å². The van der Waals surface area contributed by atoms with Gasteiger partial charge in [0, 0.05) is 74.6 Å². The van der Waals surface area contributed by atoms with Gasteiger partial charge in [0.2, 0.25) is 11.2 Å². The van der Waals surface area contributed by atoms with Crippen LogP contribution in [0.3, 0.4) is 0 Å². The number of thiophene rings is 2. The topological polar surface area (TPSA) is 72.3 Å². The highest BCUT2D eigenvalue weighted by Crippen LogP contribution is 2.48. The summed E-state index contributed by atoms with van der Waals surface area (Å²) >= 11 is 9.59. The number of hydrogen-bond donors (Lipinski definition) is 1. The summed E-state index contributed by atoms with van der Waals surface area (Å²) in [7, 11) is 0. The fourth-order valence-electron chi connectivity index (χ4n) is 15.5. The third-order valence-electron chi connectivity index (χ3n) is 19.6. The molecule has 0 aliphatic heterocycles. The quantitative estimate of drug-likeness (QED) is 0.141. The second-order valence-electron chi connectivity index (χ2n) is 24.8. The first kappa shape index (κ1) is 55.5. The molecule has 452 valence electrons. The second kappa shape index (κ2) is 22.1. The first-order valence-corrected chi connectivity index (χ1v) is 34.6. The third kappa shape index (κ3) is 8.64. The van der Waals surface area contributed by atoms with Crippen LogP contribution >= 0.6 is 34.3 Å². The molecule has 0 amide bonds. The van der Waals surface area contributed by atoms with E-state index in [1.165, 1.54) is 128 Å². The number of halogens is 1. The van der Waals surface area contributed by atoms with Gasteiger partial charge in [-0.05, 0) is 123 Å². The van der Waals surface area contributed by atoms with Gasteiger partial charge in [-0.3, -0.25) is 4.57 Å². The Hall–Kier alpha value is -11.9. The Balaban J connectivity index is 0.000000110. The number of H-pyrrole nitrogens is 1. The van der Waals surface area contributed by atoms with Crippen LogP contribution in [-0.2, 0) is 0 Å². The van der Waals surface area contributed by atoms with Gasteiger partial charge < -0.3 is 4.98 Å². The molecule has 0 radical (unpaired) electrons. The Morgan fingerprint density at radius 1 is 0.268 bits per heavy atom. The van der Waals surface area contributed by atoms with Gasteiger partial charge in [0.15, 0.2) is 0 Å². The number of nitrogens with zero attached hydrogens (tertiary/aromatic N) is 5. The molecule has 6 heterocycles. The minimum atomic E-state index is 0.292.